The Morgan fingerprint density at radius 2 is 1.94 bits per heavy atom. The van der Waals surface area contributed by atoms with Gasteiger partial charge in [0.25, 0.3) is 5.91 Å². The number of H-pyrrole nitrogens is 1. The highest BCUT2D eigenvalue weighted by atomic mass is 19.1. The normalized spacial score (nSPS) is 12.1. The molecular formula is C27H28FN7O. The summed E-state index contributed by atoms with van der Waals surface area (Å²) in [6, 6.07) is 11.4. The molecule has 1 amide bonds. The van der Waals surface area contributed by atoms with Crippen LogP contribution < -0.4 is 10.6 Å². The van der Waals surface area contributed by atoms with Gasteiger partial charge < -0.3 is 15.6 Å². The first kappa shape index (κ1) is 24.7. The molecule has 184 valence electrons. The van der Waals surface area contributed by atoms with Gasteiger partial charge in [-0.2, -0.15) is 0 Å². The van der Waals surface area contributed by atoms with Gasteiger partial charge in [0.05, 0.1) is 16.7 Å². The third-order valence-electron chi connectivity index (χ3n) is 5.77. The van der Waals surface area contributed by atoms with Crippen LogP contribution in [0.25, 0.3) is 27.9 Å². The molecular weight excluding hydrogens is 457 g/mol. The van der Waals surface area contributed by atoms with Crippen LogP contribution in [0.15, 0.2) is 65.5 Å². The van der Waals surface area contributed by atoms with Crippen molar-refractivity contribution in [3.8, 4) is 11.3 Å². The average Bonchev–Trinajstić information content (AvgIpc) is 3.42. The first-order valence-electron chi connectivity index (χ1n) is 11.7. The van der Waals surface area contributed by atoms with Crippen LogP contribution in [-0.2, 0) is 6.42 Å². The second-order valence-electron chi connectivity index (χ2n) is 8.20. The summed E-state index contributed by atoms with van der Waals surface area (Å²) in [6.07, 6.45) is 6.73. The number of amides is 1. The first-order valence-corrected chi connectivity index (χ1v) is 11.7. The summed E-state index contributed by atoms with van der Waals surface area (Å²) >= 11 is 0. The van der Waals surface area contributed by atoms with Crippen LogP contribution in [0.1, 0.15) is 35.2 Å². The number of allylic oxidation sites excluding steroid dienone is 2. The number of halogens is 1. The molecule has 0 atom stereocenters. The van der Waals surface area contributed by atoms with Crippen LogP contribution in [0.2, 0.25) is 0 Å². The molecule has 0 aliphatic carbocycles. The Balaban J connectivity index is 1.69. The molecule has 0 aliphatic rings. The van der Waals surface area contributed by atoms with E-state index >= 15 is 0 Å². The van der Waals surface area contributed by atoms with Crippen molar-refractivity contribution in [2.45, 2.75) is 19.8 Å². The number of nitrogens with zero attached hydrogens (tertiary/aromatic N) is 4. The predicted molar refractivity (Wildman–Crippen MR) is 140 cm³/mol. The van der Waals surface area contributed by atoms with E-state index in [0.29, 0.717) is 34.5 Å². The molecule has 0 radical (unpaired) electrons. The van der Waals surface area contributed by atoms with Gasteiger partial charge in [-0.15, -0.1) is 0 Å². The van der Waals surface area contributed by atoms with Gasteiger partial charge >= 0.3 is 0 Å². The zero-order valence-electron chi connectivity index (χ0n) is 20.5. The average molecular weight is 486 g/mol. The fourth-order valence-electron chi connectivity index (χ4n) is 3.79. The lowest BCUT2D eigenvalue weighted by molar-refractivity contribution is 0.0953. The molecule has 0 bridgehead atoms. The minimum absolute atomic E-state index is 0.181. The van der Waals surface area contributed by atoms with Crippen LogP contribution in [0.5, 0.6) is 0 Å². The van der Waals surface area contributed by atoms with Gasteiger partial charge in [-0.3, -0.25) is 9.79 Å². The molecule has 0 saturated heterocycles. The number of nitrogens with one attached hydrogen (secondary N) is 3. The SMILES string of the molecule is CN=CC(=C(C)NC)c1nc2cc(C(=O)NCCCc3ncc[nH]3)ccc2nc1-c1ccc(F)cc1. The van der Waals surface area contributed by atoms with Gasteiger partial charge in [-0.1, -0.05) is 0 Å². The van der Waals surface area contributed by atoms with Crippen molar-refractivity contribution in [1.29, 1.82) is 0 Å². The van der Waals surface area contributed by atoms with E-state index in [1.54, 1.807) is 56.0 Å². The Bertz CT molecular complexity index is 1410. The highest BCUT2D eigenvalue weighted by Gasteiger charge is 2.17. The smallest absolute Gasteiger partial charge is 0.251 e. The molecule has 4 aromatic rings. The number of aromatic amines is 1. The van der Waals surface area contributed by atoms with Crippen molar-refractivity contribution < 1.29 is 9.18 Å². The van der Waals surface area contributed by atoms with E-state index in [2.05, 4.69) is 25.6 Å². The summed E-state index contributed by atoms with van der Waals surface area (Å²) in [5.41, 5.74) is 5.21. The predicted octanol–water partition coefficient (Wildman–Crippen LogP) is 4.17. The number of carbonyl (C=O) groups excluding carboxylic acids is 1. The molecule has 2 aromatic heterocycles. The van der Waals surface area contributed by atoms with Crippen molar-refractivity contribution in [2.24, 2.45) is 4.99 Å². The number of aryl methyl sites for hydroxylation is 1. The highest BCUT2D eigenvalue weighted by Crippen LogP contribution is 2.29. The number of imidazole rings is 1. The van der Waals surface area contributed by atoms with Gasteiger partial charge in [0, 0.05) is 68.1 Å². The molecule has 2 heterocycles. The number of aromatic nitrogens is 4. The molecule has 3 N–H and O–H groups in total. The van der Waals surface area contributed by atoms with Crippen LogP contribution in [0.3, 0.4) is 0 Å². The lowest BCUT2D eigenvalue weighted by atomic mass is 10.0. The Morgan fingerprint density at radius 3 is 2.64 bits per heavy atom. The number of carbonyl (C=O) groups is 1. The van der Waals surface area contributed by atoms with Gasteiger partial charge in [0.15, 0.2) is 0 Å². The summed E-state index contributed by atoms with van der Waals surface area (Å²) in [6.45, 7) is 2.45. The number of rotatable bonds is 9. The minimum Gasteiger partial charge on any atom is -0.391 e. The van der Waals surface area contributed by atoms with Crippen molar-refractivity contribution in [3.05, 3.63) is 83.5 Å². The first-order chi connectivity index (χ1) is 17.5. The van der Waals surface area contributed by atoms with Crippen molar-refractivity contribution in [3.63, 3.8) is 0 Å². The zero-order chi connectivity index (χ0) is 25.5. The largest absolute Gasteiger partial charge is 0.391 e. The summed E-state index contributed by atoms with van der Waals surface area (Å²) in [7, 11) is 3.50. The standard InChI is InChI=1S/C27H28FN7O/c1-17(30-3)21(16-29-2)26-25(18-6-9-20(28)10-7-18)34-22-11-8-19(15-23(22)35-26)27(36)33-12-4-5-24-31-13-14-32-24/h6-11,13-16,30H,4-5,12H2,1-3H3,(H,31,32)(H,33,36). The molecule has 0 spiro atoms. The maximum absolute atomic E-state index is 13.6. The van der Waals surface area contributed by atoms with Crippen LogP contribution in [-0.4, -0.2) is 52.7 Å². The molecule has 0 unspecified atom stereocenters. The van der Waals surface area contributed by atoms with Crippen LogP contribution >= 0.6 is 0 Å². The Labute approximate surface area is 208 Å². The molecule has 0 saturated carbocycles. The maximum Gasteiger partial charge on any atom is 0.251 e. The lowest BCUT2D eigenvalue weighted by Crippen LogP contribution is -2.24. The molecule has 0 fully saturated rings. The Kier molecular flexibility index (Phi) is 7.79. The summed E-state index contributed by atoms with van der Waals surface area (Å²) in [5.74, 6) is 0.386. The van der Waals surface area contributed by atoms with E-state index in [9.17, 15) is 9.18 Å². The van der Waals surface area contributed by atoms with E-state index in [-0.39, 0.29) is 11.7 Å². The van der Waals surface area contributed by atoms with Crippen LogP contribution in [0, 0.1) is 5.82 Å². The van der Waals surface area contributed by atoms with Gasteiger partial charge in [-0.25, -0.2) is 19.3 Å². The summed E-state index contributed by atoms with van der Waals surface area (Å²) in [5, 5.41) is 6.09. The van der Waals surface area contributed by atoms with E-state index in [4.69, 9.17) is 9.97 Å². The van der Waals surface area contributed by atoms with Gasteiger partial charge in [0.1, 0.15) is 17.3 Å². The topological polar surface area (TPSA) is 108 Å². The van der Waals surface area contributed by atoms with E-state index in [1.807, 2.05) is 14.0 Å². The third kappa shape index (κ3) is 5.63. The fraction of sp³-hybridized carbons (Fsp3) is 0.222. The zero-order valence-corrected chi connectivity index (χ0v) is 20.5. The third-order valence-corrected chi connectivity index (χ3v) is 5.77. The lowest BCUT2D eigenvalue weighted by Gasteiger charge is -2.14. The van der Waals surface area contributed by atoms with Gasteiger partial charge in [-0.05, 0) is 55.8 Å². The quantitative estimate of drug-likeness (QED) is 0.244. The Hall–Kier alpha value is -4.40. The van der Waals surface area contributed by atoms with Crippen molar-refractivity contribution >= 4 is 28.7 Å². The van der Waals surface area contributed by atoms with Crippen molar-refractivity contribution in [1.82, 2.24) is 30.6 Å². The fourth-order valence-corrected chi connectivity index (χ4v) is 3.79. The second-order valence-corrected chi connectivity index (χ2v) is 8.20. The molecule has 9 heteroatoms. The maximum atomic E-state index is 13.6. The van der Waals surface area contributed by atoms with Gasteiger partial charge in [0.2, 0.25) is 0 Å². The molecule has 4 rings (SSSR count). The number of fused-ring (bicyclic) bond motifs is 1. The van der Waals surface area contributed by atoms with Crippen molar-refractivity contribution in [2.75, 3.05) is 20.6 Å². The van der Waals surface area contributed by atoms with E-state index in [1.165, 1.54) is 12.1 Å². The number of aliphatic imine (C=N–C) groups is 1. The molecule has 0 aliphatic heterocycles. The molecule has 2 aromatic carbocycles. The van der Waals surface area contributed by atoms with E-state index in [0.717, 1.165) is 35.5 Å². The summed E-state index contributed by atoms with van der Waals surface area (Å²) in [4.78, 5) is 34.0. The van der Waals surface area contributed by atoms with Crippen LogP contribution in [0.4, 0.5) is 4.39 Å². The minimum atomic E-state index is -0.328. The van der Waals surface area contributed by atoms with E-state index < -0.39 is 0 Å². The number of benzene rings is 2. The molecule has 36 heavy (non-hydrogen) atoms. The number of hydrogen-bond donors (Lipinski definition) is 3. The number of hydrogen-bond acceptors (Lipinski definition) is 6. The Morgan fingerprint density at radius 1 is 1.14 bits per heavy atom. The molecule has 8 nitrogen and oxygen atoms in total. The summed E-state index contributed by atoms with van der Waals surface area (Å²) < 4.78 is 13.6. The monoisotopic (exact) mass is 485 g/mol. The second kappa shape index (κ2) is 11.4. The highest BCUT2D eigenvalue weighted by molar-refractivity contribution is 6.12.